The fraction of sp³-hybridized carbons (Fsp3) is 0.244. The van der Waals surface area contributed by atoms with Crippen molar-refractivity contribution in [3.8, 4) is 17.2 Å². The topological polar surface area (TPSA) is 63.3 Å². The minimum Gasteiger partial charge on any atom is -0.497 e. The highest BCUT2D eigenvalue weighted by atomic mass is 35.5. The van der Waals surface area contributed by atoms with Crippen LogP contribution in [-0.2, 0) is 12.7 Å². The van der Waals surface area contributed by atoms with E-state index in [4.69, 9.17) is 25.8 Å². The number of carbonyl (C=O) groups is 1. The summed E-state index contributed by atoms with van der Waals surface area (Å²) in [5, 5.41) is 2.57. The van der Waals surface area contributed by atoms with E-state index in [2.05, 4.69) is 34.5 Å². The Hall–Kier alpha value is -4.90. The molecule has 5 aromatic rings. The summed E-state index contributed by atoms with van der Waals surface area (Å²) in [7, 11) is 4.72. The zero-order chi connectivity index (χ0) is 37.1. The number of hydrogen-bond acceptors (Lipinski definition) is 5. The number of urea groups is 1. The summed E-state index contributed by atoms with van der Waals surface area (Å²) in [5.41, 5.74) is 2.87. The molecule has 5 aromatic carbocycles. The van der Waals surface area contributed by atoms with Crippen LogP contribution in [-0.4, -0.2) is 51.9 Å². The number of nitrogens with zero attached hydrogens (tertiary/aromatic N) is 2. The molecule has 0 aliphatic carbocycles. The maximum Gasteiger partial charge on any atom is 0.417 e. The number of carbonyl (C=O) groups excluding carboxylic acids is 1. The minimum absolute atomic E-state index is 0. The van der Waals surface area contributed by atoms with Crippen molar-refractivity contribution in [1.82, 2.24) is 4.90 Å². The highest BCUT2D eigenvalue weighted by Crippen LogP contribution is 2.37. The number of benzene rings is 5. The fourth-order valence-electron chi connectivity index (χ4n) is 5.89. The lowest BCUT2D eigenvalue weighted by Crippen LogP contribution is -2.31. The van der Waals surface area contributed by atoms with Crippen LogP contribution in [0.15, 0.2) is 121 Å². The predicted octanol–water partition coefficient (Wildman–Crippen LogP) is 10.6. The van der Waals surface area contributed by atoms with Gasteiger partial charge in [-0.3, -0.25) is 9.80 Å². The smallest absolute Gasteiger partial charge is 0.417 e. The second-order valence-electron chi connectivity index (χ2n) is 12.2. The minimum atomic E-state index is -4.56. The Balaban J connectivity index is 0.00000627. The second kappa shape index (κ2) is 19.3. The SMILES string of the molecule is COc1cc(NC(=O)N(C)c2cccc(OCCCN(Cc3cccc(C(F)(F)F)c3Cl)CC(c3ccccc3)c3ccccc3)c2)cc(OC)c1.Cl. The van der Waals surface area contributed by atoms with Gasteiger partial charge in [-0.1, -0.05) is 90.5 Å². The Morgan fingerprint density at radius 1 is 0.792 bits per heavy atom. The van der Waals surface area contributed by atoms with Crippen LogP contribution in [0.3, 0.4) is 0 Å². The third kappa shape index (κ3) is 11.3. The van der Waals surface area contributed by atoms with E-state index in [-0.39, 0.29) is 35.9 Å². The molecule has 1 N–H and O–H groups in total. The molecular weight excluding hydrogens is 726 g/mol. The lowest BCUT2D eigenvalue weighted by molar-refractivity contribution is -0.137. The van der Waals surface area contributed by atoms with Crippen molar-refractivity contribution in [2.24, 2.45) is 0 Å². The summed E-state index contributed by atoms with van der Waals surface area (Å²) in [6.07, 6.45) is -3.99. The third-order valence-corrected chi connectivity index (χ3v) is 9.07. The third-order valence-electron chi connectivity index (χ3n) is 8.62. The lowest BCUT2D eigenvalue weighted by Gasteiger charge is -2.29. The van der Waals surface area contributed by atoms with E-state index in [1.807, 2.05) is 42.5 Å². The maximum atomic E-state index is 13.8. The average molecular weight is 769 g/mol. The Bertz CT molecular complexity index is 1850. The number of anilines is 2. The van der Waals surface area contributed by atoms with Crippen molar-refractivity contribution >= 4 is 41.4 Å². The molecule has 0 saturated carbocycles. The summed E-state index contributed by atoms with van der Waals surface area (Å²) in [5.74, 6) is 1.61. The van der Waals surface area contributed by atoms with Gasteiger partial charge in [0.25, 0.3) is 0 Å². The summed E-state index contributed by atoms with van der Waals surface area (Å²) >= 11 is 6.37. The number of hydrogen-bond donors (Lipinski definition) is 1. The van der Waals surface area contributed by atoms with E-state index in [9.17, 15) is 18.0 Å². The summed E-state index contributed by atoms with van der Waals surface area (Å²) in [4.78, 5) is 16.7. The summed E-state index contributed by atoms with van der Waals surface area (Å²) in [6.45, 7) is 1.61. The van der Waals surface area contributed by atoms with Crippen LogP contribution in [0, 0.1) is 0 Å². The van der Waals surface area contributed by atoms with Crippen LogP contribution >= 0.6 is 24.0 Å². The normalized spacial score (nSPS) is 11.2. The van der Waals surface area contributed by atoms with Crippen molar-refractivity contribution in [3.63, 3.8) is 0 Å². The molecule has 12 heteroatoms. The van der Waals surface area contributed by atoms with Gasteiger partial charge in [-0.15, -0.1) is 12.4 Å². The zero-order valence-corrected chi connectivity index (χ0v) is 31.2. The molecular formula is C41H42Cl2F3N3O4. The molecule has 53 heavy (non-hydrogen) atoms. The first kappa shape index (κ1) is 40.9. The van der Waals surface area contributed by atoms with E-state index >= 15 is 0 Å². The van der Waals surface area contributed by atoms with Gasteiger partial charge in [0.1, 0.15) is 17.2 Å². The molecule has 7 nitrogen and oxygen atoms in total. The average Bonchev–Trinajstić information content (AvgIpc) is 3.15. The van der Waals surface area contributed by atoms with E-state index in [1.54, 1.807) is 49.5 Å². The van der Waals surface area contributed by atoms with Crippen LogP contribution in [0.25, 0.3) is 0 Å². The molecule has 5 rings (SSSR count). The quantitative estimate of drug-likeness (QED) is 0.108. The van der Waals surface area contributed by atoms with Crippen molar-refractivity contribution in [2.45, 2.75) is 25.1 Å². The summed E-state index contributed by atoms with van der Waals surface area (Å²) in [6, 6.07) is 36.1. The van der Waals surface area contributed by atoms with Gasteiger partial charge in [-0.25, -0.2) is 4.79 Å². The molecule has 0 bridgehead atoms. The van der Waals surface area contributed by atoms with Crippen LogP contribution < -0.4 is 24.4 Å². The second-order valence-corrected chi connectivity index (χ2v) is 12.6. The highest BCUT2D eigenvalue weighted by Gasteiger charge is 2.34. The van der Waals surface area contributed by atoms with Gasteiger partial charge in [0.15, 0.2) is 0 Å². The fourth-order valence-corrected chi connectivity index (χ4v) is 6.19. The Kier molecular flexibility index (Phi) is 14.8. The monoisotopic (exact) mass is 767 g/mol. The van der Waals surface area contributed by atoms with Crippen LogP contribution in [0.5, 0.6) is 17.2 Å². The number of alkyl halides is 3. The van der Waals surface area contributed by atoms with Gasteiger partial charge >= 0.3 is 12.2 Å². The van der Waals surface area contributed by atoms with E-state index in [1.165, 1.54) is 25.2 Å². The van der Waals surface area contributed by atoms with Crippen molar-refractivity contribution in [2.75, 3.05) is 51.2 Å². The molecule has 0 fully saturated rings. The molecule has 0 radical (unpaired) electrons. The first-order valence-corrected chi connectivity index (χ1v) is 17.1. The van der Waals surface area contributed by atoms with Crippen LogP contribution in [0.1, 0.15) is 34.6 Å². The van der Waals surface area contributed by atoms with Crippen molar-refractivity contribution < 1.29 is 32.2 Å². The van der Waals surface area contributed by atoms with E-state index in [0.717, 1.165) is 17.2 Å². The molecule has 0 saturated heterocycles. The van der Waals surface area contributed by atoms with Gasteiger partial charge < -0.3 is 19.5 Å². The molecule has 0 unspecified atom stereocenters. The Morgan fingerprint density at radius 2 is 1.40 bits per heavy atom. The first-order chi connectivity index (χ1) is 25.0. The summed E-state index contributed by atoms with van der Waals surface area (Å²) < 4.78 is 58.0. The number of ether oxygens (including phenoxy) is 3. The van der Waals surface area contributed by atoms with Crippen LogP contribution in [0.2, 0.25) is 5.02 Å². The molecule has 2 amide bonds. The number of nitrogens with one attached hydrogen (secondary N) is 1. The number of rotatable bonds is 15. The zero-order valence-electron chi connectivity index (χ0n) is 29.6. The predicted molar refractivity (Wildman–Crippen MR) is 207 cm³/mol. The molecule has 0 spiro atoms. The number of amides is 2. The molecule has 280 valence electrons. The van der Waals surface area contributed by atoms with Crippen molar-refractivity contribution in [3.05, 3.63) is 149 Å². The van der Waals surface area contributed by atoms with Gasteiger partial charge in [0, 0.05) is 68.2 Å². The molecule has 0 atom stereocenters. The van der Waals surface area contributed by atoms with Gasteiger partial charge in [0.2, 0.25) is 0 Å². The molecule has 0 aromatic heterocycles. The van der Waals surface area contributed by atoms with Gasteiger partial charge in [-0.05, 0) is 41.3 Å². The Morgan fingerprint density at radius 3 is 1.98 bits per heavy atom. The molecule has 0 heterocycles. The standard InChI is InChI=1S/C41H41ClF3N3O4.ClH/c1-47(40(49)46-32-23-35(50-2)26-36(24-32)51-3)33-18-11-19-34(25-33)52-22-12-21-48(27-31-17-10-20-38(39(31)42)41(43,44)45)28-37(29-13-6-4-7-14-29)30-15-8-5-9-16-30;/h4-11,13-20,23-26,37H,12,21-22,27-28H2,1-3H3,(H,46,49);1H. The lowest BCUT2D eigenvalue weighted by atomic mass is 9.90. The largest absolute Gasteiger partial charge is 0.497 e. The number of methoxy groups -OCH3 is 2. The Labute approximate surface area is 319 Å². The van der Waals surface area contributed by atoms with Gasteiger partial charge in [-0.2, -0.15) is 13.2 Å². The van der Waals surface area contributed by atoms with Crippen LogP contribution in [0.4, 0.5) is 29.3 Å². The number of halogens is 5. The molecule has 0 aliphatic heterocycles. The van der Waals surface area contributed by atoms with Gasteiger partial charge in [0.05, 0.1) is 31.4 Å². The maximum absolute atomic E-state index is 13.8. The van der Waals surface area contributed by atoms with E-state index < -0.39 is 11.7 Å². The molecule has 0 aliphatic rings. The van der Waals surface area contributed by atoms with E-state index in [0.29, 0.717) is 60.3 Å². The first-order valence-electron chi connectivity index (χ1n) is 16.7. The van der Waals surface area contributed by atoms with Crippen molar-refractivity contribution in [1.29, 1.82) is 0 Å². The highest BCUT2D eigenvalue weighted by molar-refractivity contribution is 6.32.